The van der Waals surface area contributed by atoms with Crippen molar-refractivity contribution in [3.63, 3.8) is 0 Å². The quantitative estimate of drug-likeness (QED) is 0.216. The second-order valence-corrected chi connectivity index (χ2v) is 12.0. The third kappa shape index (κ3) is 8.34. The molecular formula is C28H30Cl2N4O7S. The molecule has 0 aliphatic rings. The first-order valence-corrected chi connectivity index (χ1v) is 15.3. The number of benzene rings is 3. The molecule has 1 atom stereocenters. The summed E-state index contributed by atoms with van der Waals surface area (Å²) in [6, 6.07) is 16.1. The van der Waals surface area contributed by atoms with Gasteiger partial charge in [-0.05, 0) is 36.2 Å². The van der Waals surface area contributed by atoms with Gasteiger partial charge in [-0.15, -0.1) is 0 Å². The number of nitrogens with one attached hydrogen (secondary N) is 1. The lowest BCUT2D eigenvalue weighted by Gasteiger charge is -2.33. The van der Waals surface area contributed by atoms with Crippen LogP contribution in [0.25, 0.3) is 0 Å². The SMILES string of the molecule is CCNC(=O)[C@@H](Cc1ccccc1)N(Cc1ccc(Cl)cc1Cl)C(=O)CN(c1cc([N+](=O)[O-])ccc1OC)S(C)(=O)=O. The third-order valence-corrected chi connectivity index (χ3v) is 8.01. The number of halogens is 2. The summed E-state index contributed by atoms with van der Waals surface area (Å²) in [4.78, 5) is 39.5. The van der Waals surface area contributed by atoms with Crippen LogP contribution in [0.15, 0.2) is 66.7 Å². The standard InChI is InChI=1S/C28H30Cl2N4O7S/c1-4-31-28(36)25(14-19-8-6-5-7-9-19)32(17-20-10-11-21(29)15-23(20)30)27(35)18-33(42(3,39)40)24-16-22(34(37)38)12-13-26(24)41-2/h5-13,15-16,25H,4,14,17-18H2,1-3H3,(H,31,36)/t25-/m1/s1. The number of likely N-dealkylation sites (N-methyl/N-ethyl adjacent to an activating group) is 1. The van der Waals surface area contributed by atoms with Gasteiger partial charge in [-0.3, -0.25) is 24.0 Å². The molecule has 3 aromatic rings. The van der Waals surface area contributed by atoms with E-state index in [2.05, 4.69) is 5.32 Å². The zero-order valence-corrected chi connectivity index (χ0v) is 25.4. The fourth-order valence-corrected chi connectivity index (χ4v) is 5.57. The van der Waals surface area contributed by atoms with Gasteiger partial charge in [-0.2, -0.15) is 0 Å². The summed E-state index contributed by atoms with van der Waals surface area (Å²) in [6.07, 6.45) is 0.979. The van der Waals surface area contributed by atoms with Crippen molar-refractivity contribution >= 4 is 56.4 Å². The molecule has 3 aromatic carbocycles. The van der Waals surface area contributed by atoms with Crippen molar-refractivity contribution in [2.75, 3.05) is 30.8 Å². The Morgan fingerprint density at radius 1 is 1.07 bits per heavy atom. The van der Waals surface area contributed by atoms with Crippen LogP contribution in [0.3, 0.4) is 0 Å². The topological polar surface area (TPSA) is 139 Å². The van der Waals surface area contributed by atoms with Gasteiger partial charge in [0.15, 0.2) is 0 Å². The van der Waals surface area contributed by atoms with Gasteiger partial charge in [0.05, 0.1) is 18.3 Å². The van der Waals surface area contributed by atoms with Crippen LogP contribution in [0.2, 0.25) is 10.0 Å². The zero-order chi connectivity index (χ0) is 31.0. The highest BCUT2D eigenvalue weighted by atomic mass is 35.5. The number of anilines is 1. The lowest BCUT2D eigenvalue weighted by Crippen LogP contribution is -2.53. The monoisotopic (exact) mass is 636 g/mol. The summed E-state index contributed by atoms with van der Waals surface area (Å²) < 4.78 is 32.0. The van der Waals surface area contributed by atoms with Crippen molar-refractivity contribution < 1.29 is 27.7 Å². The van der Waals surface area contributed by atoms with Crippen LogP contribution >= 0.6 is 23.2 Å². The van der Waals surface area contributed by atoms with Crippen molar-refractivity contribution in [1.29, 1.82) is 0 Å². The van der Waals surface area contributed by atoms with E-state index < -0.39 is 45.0 Å². The van der Waals surface area contributed by atoms with E-state index in [1.807, 2.05) is 6.07 Å². The van der Waals surface area contributed by atoms with E-state index in [0.29, 0.717) is 10.6 Å². The fraction of sp³-hybridized carbons (Fsp3) is 0.286. The Hall–Kier alpha value is -3.87. The highest BCUT2D eigenvalue weighted by Gasteiger charge is 2.34. The van der Waals surface area contributed by atoms with Crippen LogP contribution in [-0.2, 0) is 32.6 Å². The Balaban J connectivity index is 2.14. The highest BCUT2D eigenvalue weighted by Crippen LogP contribution is 2.34. The lowest BCUT2D eigenvalue weighted by atomic mass is 10.0. The smallest absolute Gasteiger partial charge is 0.271 e. The maximum Gasteiger partial charge on any atom is 0.271 e. The summed E-state index contributed by atoms with van der Waals surface area (Å²) in [5, 5.41) is 14.8. The fourth-order valence-electron chi connectivity index (χ4n) is 4.26. The number of nitro benzene ring substituents is 1. The van der Waals surface area contributed by atoms with Crippen LogP contribution in [0.5, 0.6) is 5.75 Å². The molecule has 0 radical (unpaired) electrons. The van der Waals surface area contributed by atoms with Crippen LogP contribution in [0.4, 0.5) is 11.4 Å². The van der Waals surface area contributed by atoms with Gasteiger partial charge in [0, 0.05) is 41.7 Å². The Morgan fingerprint density at radius 2 is 1.76 bits per heavy atom. The number of non-ortho nitro benzene ring substituents is 1. The van der Waals surface area contributed by atoms with Gasteiger partial charge in [0.25, 0.3) is 5.69 Å². The van der Waals surface area contributed by atoms with E-state index in [1.54, 1.807) is 43.3 Å². The number of sulfonamides is 1. The van der Waals surface area contributed by atoms with E-state index in [1.165, 1.54) is 24.1 Å². The van der Waals surface area contributed by atoms with Gasteiger partial charge >= 0.3 is 0 Å². The second kappa shape index (κ2) is 14.3. The molecule has 0 heterocycles. The van der Waals surface area contributed by atoms with Crippen molar-refractivity contribution in [2.45, 2.75) is 25.9 Å². The van der Waals surface area contributed by atoms with E-state index in [0.717, 1.165) is 28.3 Å². The number of nitrogens with zero attached hydrogens (tertiary/aromatic N) is 3. The second-order valence-electron chi connectivity index (χ2n) is 9.24. The molecule has 3 rings (SSSR count). The Bertz CT molecular complexity index is 1560. The van der Waals surface area contributed by atoms with Crippen molar-refractivity contribution in [3.05, 3.63) is 98.0 Å². The average molecular weight is 638 g/mol. The van der Waals surface area contributed by atoms with E-state index in [9.17, 15) is 28.1 Å². The molecule has 0 aliphatic heterocycles. The Kier molecular flexibility index (Phi) is 11.1. The Morgan fingerprint density at radius 3 is 2.33 bits per heavy atom. The van der Waals surface area contributed by atoms with Gasteiger partial charge in [-0.1, -0.05) is 59.6 Å². The first-order valence-electron chi connectivity index (χ1n) is 12.7. The molecule has 224 valence electrons. The molecular weight excluding hydrogens is 607 g/mol. The molecule has 2 amide bonds. The van der Waals surface area contributed by atoms with Gasteiger partial charge in [-0.25, -0.2) is 8.42 Å². The van der Waals surface area contributed by atoms with Crippen molar-refractivity contribution in [3.8, 4) is 5.75 Å². The zero-order valence-electron chi connectivity index (χ0n) is 23.1. The summed E-state index contributed by atoms with van der Waals surface area (Å²) >= 11 is 12.5. The third-order valence-electron chi connectivity index (χ3n) is 6.30. The molecule has 0 unspecified atom stereocenters. The molecule has 11 nitrogen and oxygen atoms in total. The average Bonchev–Trinajstić information content (AvgIpc) is 2.94. The number of amides is 2. The number of carbonyl (C=O) groups is 2. The molecule has 0 saturated carbocycles. The normalized spacial score (nSPS) is 11.8. The first-order chi connectivity index (χ1) is 19.8. The number of hydrogen-bond acceptors (Lipinski definition) is 7. The number of carbonyl (C=O) groups excluding carboxylic acids is 2. The van der Waals surface area contributed by atoms with Crippen molar-refractivity contribution in [1.82, 2.24) is 10.2 Å². The number of nitro groups is 1. The summed E-state index contributed by atoms with van der Waals surface area (Å²) in [5.74, 6) is -1.22. The van der Waals surface area contributed by atoms with E-state index in [-0.39, 0.29) is 36.0 Å². The number of methoxy groups -OCH3 is 1. The minimum atomic E-state index is -4.18. The highest BCUT2D eigenvalue weighted by molar-refractivity contribution is 7.92. The summed E-state index contributed by atoms with van der Waals surface area (Å²) in [6.45, 7) is 1.08. The minimum Gasteiger partial charge on any atom is -0.495 e. The van der Waals surface area contributed by atoms with Crippen molar-refractivity contribution in [2.24, 2.45) is 0 Å². The molecule has 1 N–H and O–H groups in total. The molecule has 0 aliphatic carbocycles. The first kappa shape index (κ1) is 32.6. The molecule has 42 heavy (non-hydrogen) atoms. The number of rotatable bonds is 13. The summed E-state index contributed by atoms with van der Waals surface area (Å²) in [5.41, 5.74) is 0.621. The number of hydrogen-bond donors (Lipinski definition) is 1. The minimum absolute atomic E-state index is 0.00400. The molecule has 0 spiro atoms. The molecule has 0 fully saturated rings. The maximum absolute atomic E-state index is 14.1. The number of ether oxygens (including phenoxy) is 1. The summed E-state index contributed by atoms with van der Waals surface area (Å²) in [7, 11) is -2.91. The van der Waals surface area contributed by atoms with Gasteiger partial charge in [0.2, 0.25) is 21.8 Å². The predicted octanol–water partition coefficient (Wildman–Crippen LogP) is 4.45. The van der Waals surface area contributed by atoms with Gasteiger partial charge in [0.1, 0.15) is 24.0 Å². The maximum atomic E-state index is 14.1. The van der Waals surface area contributed by atoms with E-state index in [4.69, 9.17) is 27.9 Å². The lowest BCUT2D eigenvalue weighted by molar-refractivity contribution is -0.384. The largest absolute Gasteiger partial charge is 0.495 e. The van der Waals surface area contributed by atoms with Gasteiger partial charge < -0.3 is 15.0 Å². The molecule has 0 bridgehead atoms. The molecule has 0 saturated heterocycles. The molecule has 0 aromatic heterocycles. The van der Waals surface area contributed by atoms with Crippen LogP contribution in [-0.4, -0.2) is 62.6 Å². The molecule has 14 heteroatoms. The predicted molar refractivity (Wildman–Crippen MR) is 161 cm³/mol. The Labute approximate surface area is 254 Å². The van der Waals surface area contributed by atoms with Crippen LogP contribution in [0.1, 0.15) is 18.1 Å². The van der Waals surface area contributed by atoms with E-state index >= 15 is 0 Å². The van der Waals surface area contributed by atoms with Crippen LogP contribution < -0.4 is 14.4 Å². The van der Waals surface area contributed by atoms with Crippen LogP contribution in [0, 0.1) is 10.1 Å².